The maximum Gasteiger partial charge on any atom is 0.316 e. The smallest absolute Gasteiger partial charge is 0.316 e. The third-order valence-electron chi connectivity index (χ3n) is 5.28. The number of carbonyl (C=O) groups is 1. The van der Waals surface area contributed by atoms with Crippen molar-refractivity contribution >= 4 is 39.3 Å². The Morgan fingerprint density at radius 1 is 1.39 bits per heavy atom. The van der Waals surface area contributed by atoms with Crippen molar-refractivity contribution in [1.82, 2.24) is 9.55 Å². The molecule has 2 aromatic heterocycles. The number of thioether (sulfide) groups is 1. The second-order valence-electron chi connectivity index (χ2n) is 7.35. The Morgan fingerprint density at radius 3 is 3.07 bits per heavy atom. The van der Waals surface area contributed by atoms with Crippen molar-refractivity contribution in [3.8, 4) is 0 Å². The molecule has 1 aliphatic carbocycles. The fourth-order valence-electron chi connectivity index (χ4n) is 3.82. The van der Waals surface area contributed by atoms with Crippen molar-refractivity contribution in [3.63, 3.8) is 0 Å². The molecule has 0 unspecified atom stereocenters. The van der Waals surface area contributed by atoms with E-state index in [1.807, 2.05) is 0 Å². The number of aryl methyl sites for hydroxylation is 2. The molecule has 0 radical (unpaired) electrons. The zero-order chi connectivity index (χ0) is 19.5. The van der Waals surface area contributed by atoms with E-state index in [1.54, 1.807) is 15.9 Å². The van der Waals surface area contributed by atoms with E-state index in [2.05, 4.69) is 6.92 Å². The van der Waals surface area contributed by atoms with E-state index in [4.69, 9.17) is 14.5 Å². The van der Waals surface area contributed by atoms with Crippen molar-refractivity contribution in [2.75, 3.05) is 19.0 Å². The highest BCUT2D eigenvalue weighted by Crippen LogP contribution is 2.35. The molecule has 0 aromatic carbocycles. The molecule has 1 aliphatic heterocycles. The van der Waals surface area contributed by atoms with E-state index in [1.165, 1.54) is 22.2 Å². The van der Waals surface area contributed by atoms with Crippen LogP contribution in [0.4, 0.5) is 0 Å². The number of nitrogens with zero attached hydrogens (tertiary/aromatic N) is 2. The summed E-state index contributed by atoms with van der Waals surface area (Å²) in [5.41, 5.74) is 1.20. The van der Waals surface area contributed by atoms with Gasteiger partial charge in [-0.25, -0.2) is 4.98 Å². The Morgan fingerprint density at radius 2 is 2.29 bits per heavy atom. The monoisotopic (exact) mass is 422 g/mol. The van der Waals surface area contributed by atoms with Crippen LogP contribution in [0.25, 0.3) is 10.2 Å². The third kappa shape index (κ3) is 4.14. The topological polar surface area (TPSA) is 70.4 Å². The molecule has 8 heteroatoms. The largest absolute Gasteiger partial charge is 0.465 e. The van der Waals surface area contributed by atoms with Gasteiger partial charge in [-0.05, 0) is 44.1 Å². The first-order valence-corrected chi connectivity index (χ1v) is 11.9. The standard InChI is InChI=1S/C20H26N2O4S2/c1-2-3-9-26-16(23)12-27-20-21-18-17(14-7-4-8-15(14)28-18)19(24)22(20)11-13-6-5-10-25-13/h13H,2-12H2,1H3/t13-/m0/s1. The summed E-state index contributed by atoms with van der Waals surface area (Å²) < 4.78 is 12.7. The Labute approximate surface area is 172 Å². The van der Waals surface area contributed by atoms with Gasteiger partial charge in [0.25, 0.3) is 5.56 Å². The summed E-state index contributed by atoms with van der Waals surface area (Å²) in [6.07, 6.45) is 6.98. The van der Waals surface area contributed by atoms with Crippen LogP contribution in [0.5, 0.6) is 0 Å². The number of thiophene rings is 1. The van der Waals surface area contributed by atoms with E-state index in [0.717, 1.165) is 61.8 Å². The molecule has 6 nitrogen and oxygen atoms in total. The summed E-state index contributed by atoms with van der Waals surface area (Å²) in [5.74, 6) is -0.0942. The number of aromatic nitrogens is 2. The van der Waals surface area contributed by atoms with Crippen LogP contribution in [0.1, 0.15) is 49.5 Å². The molecule has 0 amide bonds. The van der Waals surface area contributed by atoms with Gasteiger partial charge < -0.3 is 9.47 Å². The SMILES string of the molecule is CCCCOC(=O)CSc1nc2sc3c(c2c(=O)n1C[C@@H]1CCCO1)CCC3. The zero-order valence-electron chi connectivity index (χ0n) is 16.2. The molecule has 4 rings (SSSR count). The minimum absolute atomic E-state index is 0.0155. The number of hydrogen-bond donors (Lipinski definition) is 0. The molecule has 0 N–H and O–H groups in total. The number of ether oxygens (including phenoxy) is 2. The van der Waals surface area contributed by atoms with Crippen molar-refractivity contribution in [2.45, 2.75) is 69.7 Å². The van der Waals surface area contributed by atoms with Gasteiger partial charge in [0.1, 0.15) is 4.83 Å². The van der Waals surface area contributed by atoms with Gasteiger partial charge in [-0.2, -0.15) is 0 Å². The third-order valence-corrected chi connectivity index (χ3v) is 7.42. The molecule has 0 bridgehead atoms. The first-order chi connectivity index (χ1) is 13.7. The summed E-state index contributed by atoms with van der Waals surface area (Å²) in [6, 6.07) is 0. The summed E-state index contributed by atoms with van der Waals surface area (Å²) in [5, 5.41) is 1.38. The number of carbonyl (C=O) groups excluding carboxylic acids is 1. The molecule has 3 heterocycles. The lowest BCUT2D eigenvalue weighted by Crippen LogP contribution is -2.29. The fourth-order valence-corrected chi connectivity index (χ4v) is 5.93. The lowest BCUT2D eigenvalue weighted by molar-refractivity contribution is -0.140. The van der Waals surface area contributed by atoms with Crippen molar-refractivity contribution in [3.05, 3.63) is 20.8 Å². The van der Waals surface area contributed by atoms with Crippen LogP contribution in [0, 0.1) is 0 Å². The second-order valence-corrected chi connectivity index (χ2v) is 9.37. The quantitative estimate of drug-likeness (QED) is 0.280. The molecule has 28 heavy (non-hydrogen) atoms. The summed E-state index contributed by atoms with van der Waals surface area (Å²) in [7, 11) is 0. The number of unbranched alkanes of at least 4 members (excludes halogenated alkanes) is 1. The van der Waals surface area contributed by atoms with Crippen LogP contribution in [-0.2, 0) is 33.7 Å². The predicted molar refractivity (Wildman–Crippen MR) is 111 cm³/mol. The summed E-state index contributed by atoms with van der Waals surface area (Å²) in [4.78, 5) is 32.3. The molecular formula is C20H26N2O4S2. The molecule has 0 spiro atoms. The van der Waals surface area contributed by atoms with Crippen molar-refractivity contribution < 1.29 is 14.3 Å². The van der Waals surface area contributed by atoms with Crippen LogP contribution in [0.3, 0.4) is 0 Å². The second kappa shape index (κ2) is 8.97. The minimum Gasteiger partial charge on any atom is -0.465 e. The minimum atomic E-state index is -0.259. The Kier molecular flexibility index (Phi) is 6.38. The van der Waals surface area contributed by atoms with Gasteiger partial charge in [0.15, 0.2) is 5.16 Å². The van der Waals surface area contributed by atoms with Gasteiger partial charge in [0, 0.05) is 11.5 Å². The normalized spacial score (nSPS) is 18.7. The maximum atomic E-state index is 13.4. The molecule has 1 fully saturated rings. The number of hydrogen-bond acceptors (Lipinski definition) is 7. The molecule has 152 valence electrons. The van der Waals surface area contributed by atoms with E-state index in [-0.39, 0.29) is 23.4 Å². The van der Waals surface area contributed by atoms with E-state index in [0.29, 0.717) is 18.3 Å². The first-order valence-electron chi connectivity index (χ1n) is 10.1. The predicted octanol–water partition coefficient (Wildman–Crippen LogP) is 3.56. The van der Waals surface area contributed by atoms with Gasteiger partial charge >= 0.3 is 5.97 Å². The lowest BCUT2D eigenvalue weighted by Gasteiger charge is -2.16. The molecule has 1 saturated heterocycles. The average Bonchev–Trinajstić information content (AvgIpc) is 3.40. The van der Waals surface area contributed by atoms with E-state index >= 15 is 0 Å². The van der Waals surface area contributed by atoms with Crippen molar-refractivity contribution in [2.24, 2.45) is 0 Å². The highest BCUT2D eigenvalue weighted by atomic mass is 32.2. The van der Waals surface area contributed by atoms with Gasteiger partial charge in [-0.15, -0.1) is 11.3 Å². The molecule has 1 atom stereocenters. The maximum absolute atomic E-state index is 13.4. The average molecular weight is 423 g/mol. The van der Waals surface area contributed by atoms with Crippen LogP contribution in [0.2, 0.25) is 0 Å². The molecule has 2 aliphatic rings. The number of fused-ring (bicyclic) bond motifs is 3. The lowest BCUT2D eigenvalue weighted by atomic mass is 10.2. The Bertz CT molecular complexity index is 915. The van der Waals surface area contributed by atoms with Gasteiger partial charge in [-0.3, -0.25) is 14.2 Å². The number of esters is 1. The fraction of sp³-hybridized carbons (Fsp3) is 0.650. The number of rotatable bonds is 8. The van der Waals surface area contributed by atoms with Crippen LogP contribution in [-0.4, -0.2) is 40.6 Å². The highest BCUT2D eigenvalue weighted by Gasteiger charge is 2.25. The van der Waals surface area contributed by atoms with Crippen molar-refractivity contribution in [1.29, 1.82) is 0 Å². The molecule has 0 saturated carbocycles. The van der Waals surface area contributed by atoms with Crippen LogP contribution in [0.15, 0.2) is 9.95 Å². The Hall–Kier alpha value is -1.38. The molecule has 2 aromatic rings. The summed E-state index contributed by atoms with van der Waals surface area (Å²) in [6.45, 7) is 3.75. The summed E-state index contributed by atoms with van der Waals surface area (Å²) >= 11 is 2.93. The molecular weight excluding hydrogens is 396 g/mol. The van der Waals surface area contributed by atoms with Gasteiger partial charge in [-0.1, -0.05) is 25.1 Å². The van der Waals surface area contributed by atoms with Gasteiger partial charge in [0.2, 0.25) is 0 Å². The highest BCUT2D eigenvalue weighted by molar-refractivity contribution is 7.99. The van der Waals surface area contributed by atoms with Crippen LogP contribution >= 0.6 is 23.1 Å². The zero-order valence-corrected chi connectivity index (χ0v) is 17.8. The van der Waals surface area contributed by atoms with Crippen LogP contribution < -0.4 is 5.56 Å². The Balaban J connectivity index is 1.61. The van der Waals surface area contributed by atoms with Gasteiger partial charge in [0.05, 0.1) is 30.4 Å². The first kappa shape index (κ1) is 19.9. The van der Waals surface area contributed by atoms with E-state index in [9.17, 15) is 9.59 Å². The van der Waals surface area contributed by atoms with E-state index < -0.39 is 0 Å².